The summed E-state index contributed by atoms with van der Waals surface area (Å²) in [6.07, 6.45) is 3.30. The molecule has 0 saturated carbocycles. The second-order valence-electron chi connectivity index (χ2n) is 6.70. The zero-order chi connectivity index (χ0) is 18.4. The first kappa shape index (κ1) is 17.9. The van der Waals surface area contributed by atoms with Gasteiger partial charge in [0.1, 0.15) is 0 Å². The third-order valence-electron chi connectivity index (χ3n) is 4.49. The van der Waals surface area contributed by atoms with Crippen LogP contribution in [0.1, 0.15) is 30.9 Å². The van der Waals surface area contributed by atoms with Gasteiger partial charge in [-0.05, 0) is 17.0 Å². The van der Waals surface area contributed by atoms with Gasteiger partial charge < -0.3 is 5.32 Å². The van der Waals surface area contributed by atoms with E-state index in [1.165, 1.54) is 0 Å². The van der Waals surface area contributed by atoms with Gasteiger partial charge in [-0.1, -0.05) is 74.5 Å². The Labute approximate surface area is 154 Å². The number of carbonyl (C=O) groups excluding carboxylic acids is 1. The molecule has 1 amide bonds. The highest BCUT2D eigenvalue weighted by molar-refractivity contribution is 5.87. The summed E-state index contributed by atoms with van der Waals surface area (Å²) in [5.41, 5.74) is 1.96. The van der Waals surface area contributed by atoms with Crippen molar-refractivity contribution >= 4 is 5.91 Å². The van der Waals surface area contributed by atoms with Crippen LogP contribution in [0.25, 0.3) is 0 Å². The normalized spacial score (nSPS) is 12.3. The van der Waals surface area contributed by atoms with E-state index in [1.807, 2.05) is 60.7 Å². The molecule has 0 aliphatic heterocycles. The monoisotopic (exact) mass is 348 g/mol. The second kappa shape index (κ2) is 8.43. The molecular formula is C21H24N4O. The summed E-state index contributed by atoms with van der Waals surface area (Å²) in [7, 11) is 0. The van der Waals surface area contributed by atoms with Gasteiger partial charge in [0.15, 0.2) is 0 Å². The van der Waals surface area contributed by atoms with Crippen molar-refractivity contribution in [1.82, 2.24) is 20.3 Å². The highest BCUT2D eigenvalue weighted by Gasteiger charge is 2.26. The molecule has 3 rings (SSSR count). The average molecular weight is 348 g/mol. The fourth-order valence-electron chi connectivity index (χ4n) is 2.99. The summed E-state index contributed by atoms with van der Waals surface area (Å²) in [4.78, 5) is 14.8. The maximum Gasteiger partial charge on any atom is 0.232 e. The van der Waals surface area contributed by atoms with Crippen LogP contribution in [0, 0.1) is 5.92 Å². The number of rotatable bonds is 7. The molecule has 5 heteroatoms. The maximum absolute atomic E-state index is 13.2. The van der Waals surface area contributed by atoms with Crippen LogP contribution in [0.3, 0.4) is 0 Å². The van der Waals surface area contributed by atoms with Crippen molar-refractivity contribution in [2.24, 2.45) is 5.92 Å². The standard InChI is InChI=1S/C21H24N4O/c1-16(2)19(15-25-22-13-14-23-25)24-21(26)20(17-9-5-3-6-10-17)18-11-7-4-8-12-18/h3-14,16,19-20H,15H2,1-2H3,(H,24,26). The van der Waals surface area contributed by atoms with Gasteiger partial charge in [-0.25, -0.2) is 0 Å². The van der Waals surface area contributed by atoms with Gasteiger partial charge in [-0.2, -0.15) is 15.0 Å². The SMILES string of the molecule is CC(C)C(Cn1nccn1)NC(=O)C(c1ccccc1)c1ccccc1. The van der Waals surface area contributed by atoms with Crippen molar-refractivity contribution in [3.63, 3.8) is 0 Å². The minimum atomic E-state index is -0.343. The molecule has 3 aromatic rings. The number of carbonyl (C=O) groups is 1. The van der Waals surface area contributed by atoms with Crippen molar-refractivity contribution in [3.05, 3.63) is 84.2 Å². The summed E-state index contributed by atoms with van der Waals surface area (Å²) in [6, 6.07) is 19.7. The van der Waals surface area contributed by atoms with Gasteiger partial charge in [0.25, 0.3) is 0 Å². The van der Waals surface area contributed by atoms with E-state index in [9.17, 15) is 4.79 Å². The fourth-order valence-corrected chi connectivity index (χ4v) is 2.99. The van der Waals surface area contributed by atoms with E-state index in [0.29, 0.717) is 6.54 Å². The molecule has 1 heterocycles. The van der Waals surface area contributed by atoms with Crippen LogP contribution >= 0.6 is 0 Å². The van der Waals surface area contributed by atoms with E-state index in [4.69, 9.17) is 0 Å². The van der Waals surface area contributed by atoms with Gasteiger partial charge in [0.05, 0.1) is 30.9 Å². The Morgan fingerprint density at radius 3 is 1.88 bits per heavy atom. The molecule has 1 aromatic heterocycles. The van der Waals surface area contributed by atoms with Crippen molar-refractivity contribution in [2.45, 2.75) is 32.4 Å². The van der Waals surface area contributed by atoms with Crippen LogP contribution in [0.4, 0.5) is 0 Å². The van der Waals surface area contributed by atoms with Crippen LogP contribution in [-0.4, -0.2) is 26.9 Å². The molecule has 2 aromatic carbocycles. The summed E-state index contributed by atoms with van der Waals surface area (Å²) in [6.45, 7) is 4.73. The summed E-state index contributed by atoms with van der Waals surface area (Å²) in [5, 5.41) is 11.5. The van der Waals surface area contributed by atoms with E-state index in [0.717, 1.165) is 11.1 Å². The third kappa shape index (κ3) is 4.36. The Bertz CT molecular complexity index is 761. The molecule has 0 spiro atoms. The van der Waals surface area contributed by atoms with Gasteiger partial charge in [-0.15, -0.1) is 0 Å². The highest BCUT2D eigenvalue weighted by Crippen LogP contribution is 2.25. The van der Waals surface area contributed by atoms with Crippen molar-refractivity contribution in [1.29, 1.82) is 0 Å². The number of benzene rings is 2. The Morgan fingerprint density at radius 2 is 1.42 bits per heavy atom. The number of amides is 1. The molecule has 1 atom stereocenters. The third-order valence-corrected chi connectivity index (χ3v) is 4.49. The number of hydrogen-bond donors (Lipinski definition) is 1. The molecule has 5 nitrogen and oxygen atoms in total. The number of hydrogen-bond acceptors (Lipinski definition) is 3. The zero-order valence-electron chi connectivity index (χ0n) is 15.1. The molecule has 1 unspecified atom stereocenters. The van der Waals surface area contributed by atoms with Crippen LogP contribution in [0.2, 0.25) is 0 Å². The Balaban J connectivity index is 1.85. The fraction of sp³-hybridized carbons (Fsp3) is 0.286. The molecule has 26 heavy (non-hydrogen) atoms. The topological polar surface area (TPSA) is 59.8 Å². The Morgan fingerprint density at radius 1 is 0.923 bits per heavy atom. The first-order valence-electron chi connectivity index (χ1n) is 8.89. The van der Waals surface area contributed by atoms with E-state index in [-0.39, 0.29) is 23.8 Å². The van der Waals surface area contributed by atoms with E-state index >= 15 is 0 Å². The molecule has 1 N–H and O–H groups in total. The number of nitrogens with one attached hydrogen (secondary N) is 1. The molecule has 0 radical (unpaired) electrons. The van der Waals surface area contributed by atoms with Crippen molar-refractivity contribution in [3.8, 4) is 0 Å². The van der Waals surface area contributed by atoms with E-state index in [2.05, 4.69) is 29.4 Å². The summed E-state index contributed by atoms with van der Waals surface area (Å²) >= 11 is 0. The number of aromatic nitrogens is 3. The lowest BCUT2D eigenvalue weighted by molar-refractivity contribution is -0.122. The first-order chi connectivity index (χ1) is 12.6. The summed E-state index contributed by atoms with van der Waals surface area (Å²) < 4.78 is 0. The van der Waals surface area contributed by atoms with Gasteiger partial charge in [-0.3, -0.25) is 4.79 Å². The zero-order valence-corrected chi connectivity index (χ0v) is 15.1. The minimum Gasteiger partial charge on any atom is -0.350 e. The van der Waals surface area contributed by atoms with Crippen LogP contribution in [-0.2, 0) is 11.3 Å². The van der Waals surface area contributed by atoms with Crippen LogP contribution in [0.5, 0.6) is 0 Å². The quantitative estimate of drug-likeness (QED) is 0.713. The minimum absolute atomic E-state index is 0.00624. The molecular weight excluding hydrogens is 324 g/mol. The second-order valence-corrected chi connectivity index (χ2v) is 6.70. The smallest absolute Gasteiger partial charge is 0.232 e. The predicted molar refractivity (Wildman–Crippen MR) is 102 cm³/mol. The van der Waals surface area contributed by atoms with Gasteiger partial charge in [0, 0.05) is 0 Å². The largest absolute Gasteiger partial charge is 0.350 e. The lowest BCUT2D eigenvalue weighted by Crippen LogP contribution is -2.44. The molecule has 0 aliphatic carbocycles. The average Bonchev–Trinajstić information content (AvgIpc) is 3.16. The molecule has 134 valence electrons. The maximum atomic E-state index is 13.2. The van der Waals surface area contributed by atoms with Crippen LogP contribution < -0.4 is 5.32 Å². The predicted octanol–water partition coefficient (Wildman–Crippen LogP) is 3.25. The lowest BCUT2D eigenvalue weighted by Gasteiger charge is -2.25. The molecule has 0 aliphatic rings. The molecule has 0 bridgehead atoms. The summed E-state index contributed by atoms with van der Waals surface area (Å²) in [5.74, 6) is -0.0883. The van der Waals surface area contributed by atoms with Gasteiger partial charge >= 0.3 is 0 Å². The van der Waals surface area contributed by atoms with Crippen LogP contribution in [0.15, 0.2) is 73.1 Å². The van der Waals surface area contributed by atoms with Crippen molar-refractivity contribution < 1.29 is 4.79 Å². The molecule has 0 fully saturated rings. The first-order valence-corrected chi connectivity index (χ1v) is 8.89. The van der Waals surface area contributed by atoms with E-state index < -0.39 is 0 Å². The Kier molecular flexibility index (Phi) is 5.79. The highest BCUT2D eigenvalue weighted by atomic mass is 16.2. The Hall–Kier alpha value is -2.95. The van der Waals surface area contributed by atoms with Gasteiger partial charge in [0.2, 0.25) is 5.91 Å². The molecule has 0 saturated heterocycles. The van der Waals surface area contributed by atoms with Crippen molar-refractivity contribution in [2.75, 3.05) is 0 Å². The number of nitrogens with zero attached hydrogens (tertiary/aromatic N) is 3. The lowest BCUT2D eigenvalue weighted by atomic mass is 9.90. The van der Waals surface area contributed by atoms with E-state index in [1.54, 1.807) is 17.2 Å².